The SMILES string of the molecule is Nc1cccc(S(=O)(=O)Nc2c(F)cc(F)cc2F)c1. The molecule has 2 rings (SSSR count). The van der Waals surface area contributed by atoms with E-state index in [4.69, 9.17) is 5.73 Å². The zero-order chi connectivity index (χ0) is 14.9. The van der Waals surface area contributed by atoms with Crippen molar-refractivity contribution in [3.05, 3.63) is 53.8 Å². The maximum atomic E-state index is 13.4. The fourth-order valence-corrected chi connectivity index (χ4v) is 2.65. The van der Waals surface area contributed by atoms with Gasteiger partial charge in [-0.1, -0.05) is 6.07 Å². The third-order valence-electron chi connectivity index (χ3n) is 2.41. The van der Waals surface area contributed by atoms with E-state index in [2.05, 4.69) is 0 Å². The molecule has 3 N–H and O–H groups in total. The van der Waals surface area contributed by atoms with Crippen molar-refractivity contribution in [2.45, 2.75) is 4.90 Å². The van der Waals surface area contributed by atoms with Gasteiger partial charge in [0.15, 0.2) is 11.6 Å². The Morgan fingerprint density at radius 3 is 2.15 bits per heavy atom. The summed E-state index contributed by atoms with van der Waals surface area (Å²) in [5.74, 6) is -3.85. The molecule has 8 heteroatoms. The van der Waals surface area contributed by atoms with Gasteiger partial charge < -0.3 is 5.73 Å². The summed E-state index contributed by atoms with van der Waals surface area (Å²) in [6, 6.07) is 5.92. The molecule has 4 nitrogen and oxygen atoms in total. The molecule has 0 amide bonds. The summed E-state index contributed by atoms with van der Waals surface area (Å²) in [6.45, 7) is 0. The second-order valence-electron chi connectivity index (χ2n) is 3.92. The van der Waals surface area contributed by atoms with Gasteiger partial charge in [-0.25, -0.2) is 21.6 Å². The van der Waals surface area contributed by atoms with E-state index in [0.717, 1.165) is 6.07 Å². The third kappa shape index (κ3) is 2.85. The van der Waals surface area contributed by atoms with E-state index in [0.29, 0.717) is 12.1 Å². The Labute approximate surface area is 113 Å². The topological polar surface area (TPSA) is 72.2 Å². The molecule has 0 saturated carbocycles. The van der Waals surface area contributed by atoms with E-state index in [1.807, 2.05) is 0 Å². The lowest BCUT2D eigenvalue weighted by Gasteiger charge is -2.10. The molecule has 0 bridgehead atoms. The van der Waals surface area contributed by atoms with Crippen LogP contribution in [-0.2, 0) is 10.0 Å². The minimum absolute atomic E-state index is 0.174. The zero-order valence-corrected chi connectivity index (χ0v) is 10.7. The highest BCUT2D eigenvalue weighted by Crippen LogP contribution is 2.24. The van der Waals surface area contributed by atoms with Crippen LogP contribution in [0, 0.1) is 17.5 Å². The monoisotopic (exact) mass is 302 g/mol. The molecule has 0 spiro atoms. The number of hydrogen-bond donors (Lipinski definition) is 2. The molecule has 0 aliphatic carbocycles. The van der Waals surface area contributed by atoms with Crippen molar-refractivity contribution < 1.29 is 21.6 Å². The summed E-state index contributed by atoms with van der Waals surface area (Å²) in [5, 5.41) is 0. The fourth-order valence-electron chi connectivity index (χ4n) is 1.51. The lowest BCUT2D eigenvalue weighted by Crippen LogP contribution is -2.15. The van der Waals surface area contributed by atoms with Crippen molar-refractivity contribution in [1.29, 1.82) is 0 Å². The van der Waals surface area contributed by atoms with Gasteiger partial charge >= 0.3 is 0 Å². The van der Waals surface area contributed by atoms with Crippen molar-refractivity contribution in [2.75, 3.05) is 10.5 Å². The molecular formula is C12H9F3N2O2S. The first-order valence-electron chi connectivity index (χ1n) is 5.32. The Bertz CT molecular complexity index is 740. The Hall–Kier alpha value is -2.22. The first kappa shape index (κ1) is 14.2. The molecule has 0 aromatic heterocycles. The van der Waals surface area contributed by atoms with Crippen LogP contribution in [0.4, 0.5) is 24.5 Å². The van der Waals surface area contributed by atoms with E-state index in [9.17, 15) is 21.6 Å². The predicted octanol–water partition coefficient (Wildman–Crippen LogP) is 2.49. The summed E-state index contributed by atoms with van der Waals surface area (Å²) >= 11 is 0. The van der Waals surface area contributed by atoms with E-state index in [1.54, 1.807) is 4.72 Å². The molecule has 0 heterocycles. The molecule has 0 aliphatic rings. The molecule has 0 radical (unpaired) electrons. The fraction of sp³-hybridized carbons (Fsp3) is 0. The molecule has 2 aromatic carbocycles. The molecule has 0 fully saturated rings. The van der Waals surface area contributed by atoms with Crippen molar-refractivity contribution in [3.63, 3.8) is 0 Å². The van der Waals surface area contributed by atoms with E-state index < -0.39 is 33.2 Å². The van der Waals surface area contributed by atoms with Gasteiger partial charge in [0.25, 0.3) is 10.0 Å². The number of nitrogens with two attached hydrogens (primary N) is 1. The van der Waals surface area contributed by atoms with Gasteiger partial charge in [0.2, 0.25) is 0 Å². The quantitative estimate of drug-likeness (QED) is 0.856. The van der Waals surface area contributed by atoms with Crippen LogP contribution in [0.2, 0.25) is 0 Å². The van der Waals surface area contributed by atoms with Crippen LogP contribution in [-0.4, -0.2) is 8.42 Å². The minimum Gasteiger partial charge on any atom is -0.399 e. The highest BCUT2D eigenvalue weighted by Gasteiger charge is 2.20. The number of benzene rings is 2. The predicted molar refractivity (Wildman–Crippen MR) is 68.0 cm³/mol. The number of nitrogen functional groups attached to an aromatic ring is 1. The second kappa shape index (κ2) is 5.04. The van der Waals surface area contributed by atoms with Gasteiger partial charge in [-0.2, -0.15) is 0 Å². The first-order chi connectivity index (χ1) is 9.29. The number of nitrogens with one attached hydrogen (secondary N) is 1. The third-order valence-corrected chi connectivity index (χ3v) is 3.76. The number of rotatable bonds is 3. The van der Waals surface area contributed by atoms with E-state index >= 15 is 0 Å². The Kier molecular flexibility index (Phi) is 3.58. The Morgan fingerprint density at radius 2 is 1.60 bits per heavy atom. The molecule has 2 aromatic rings. The van der Waals surface area contributed by atoms with Gasteiger partial charge in [-0.15, -0.1) is 0 Å². The average Bonchev–Trinajstić information content (AvgIpc) is 2.34. The van der Waals surface area contributed by atoms with Crippen LogP contribution in [0.25, 0.3) is 0 Å². The van der Waals surface area contributed by atoms with Crippen molar-refractivity contribution in [1.82, 2.24) is 0 Å². The molecule has 106 valence electrons. The van der Waals surface area contributed by atoms with Crippen molar-refractivity contribution >= 4 is 21.4 Å². The Morgan fingerprint density at radius 1 is 1.00 bits per heavy atom. The lowest BCUT2D eigenvalue weighted by molar-refractivity contribution is 0.547. The van der Waals surface area contributed by atoms with Crippen LogP contribution in [0.3, 0.4) is 0 Å². The number of hydrogen-bond acceptors (Lipinski definition) is 3. The normalized spacial score (nSPS) is 11.3. The maximum Gasteiger partial charge on any atom is 0.262 e. The average molecular weight is 302 g/mol. The summed E-state index contributed by atoms with van der Waals surface area (Å²) in [4.78, 5) is -0.263. The van der Waals surface area contributed by atoms with Crippen molar-refractivity contribution in [2.24, 2.45) is 0 Å². The zero-order valence-electron chi connectivity index (χ0n) is 9.90. The Balaban J connectivity index is 2.44. The van der Waals surface area contributed by atoms with E-state index in [-0.39, 0.29) is 10.6 Å². The smallest absolute Gasteiger partial charge is 0.262 e. The molecular weight excluding hydrogens is 293 g/mol. The summed E-state index contributed by atoms with van der Waals surface area (Å²) in [7, 11) is -4.23. The van der Waals surface area contributed by atoms with Gasteiger partial charge in [-0.3, -0.25) is 4.72 Å². The summed E-state index contributed by atoms with van der Waals surface area (Å²) in [6.07, 6.45) is 0. The van der Waals surface area contributed by atoms with Crippen LogP contribution in [0.5, 0.6) is 0 Å². The minimum atomic E-state index is -4.23. The van der Waals surface area contributed by atoms with E-state index in [1.165, 1.54) is 18.2 Å². The number of halogens is 3. The maximum absolute atomic E-state index is 13.4. The summed E-state index contributed by atoms with van der Waals surface area (Å²) in [5.41, 5.74) is 4.66. The van der Waals surface area contributed by atoms with Crippen LogP contribution in [0.1, 0.15) is 0 Å². The number of anilines is 2. The molecule has 20 heavy (non-hydrogen) atoms. The largest absolute Gasteiger partial charge is 0.399 e. The molecule has 0 saturated heterocycles. The van der Waals surface area contributed by atoms with Gasteiger partial charge in [0.1, 0.15) is 11.5 Å². The van der Waals surface area contributed by atoms with Gasteiger partial charge in [0.05, 0.1) is 4.90 Å². The van der Waals surface area contributed by atoms with Crippen molar-refractivity contribution in [3.8, 4) is 0 Å². The standard InChI is InChI=1S/C12H9F3N2O2S/c13-7-4-10(14)12(11(15)5-7)17-20(18,19)9-3-1-2-8(16)6-9/h1-6,17H,16H2. The molecule has 0 unspecified atom stereocenters. The van der Waals surface area contributed by atoms with Crippen LogP contribution >= 0.6 is 0 Å². The van der Waals surface area contributed by atoms with Crippen LogP contribution < -0.4 is 10.5 Å². The number of sulfonamides is 1. The van der Waals surface area contributed by atoms with Gasteiger partial charge in [-0.05, 0) is 18.2 Å². The van der Waals surface area contributed by atoms with Gasteiger partial charge in [0, 0.05) is 17.8 Å². The highest BCUT2D eigenvalue weighted by atomic mass is 32.2. The lowest BCUT2D eigenvalue weighted by atomic mass is 10.3. The first-order valence-corrected chi connectivity index (χ1v) is 6.81. The molecule has 0 atom stereocenters. The van der Waals surface area contributed by atoms with Crippen LogP contribution in [0.15, 0.2) is 41.3 Å². The highest BCUT2D eigenvalue weighted by molar-refractivity contribution is 7.92. The summed E-state index contributed by atoms with van der Waals surface area (Å²) < 4.78 is 65.2. The molecule has 0 aliphatic heterocycles. The second-order valence-corrected chi connectivity index (χ2v) is 5.60.